The second-order valence-electron chi connectivity index (χ2n) is 6.48. The van der Waals surface area contributed by atoms with Crippen molar-refractivity contribution in [2.45, 2.75) is 65.3 Å². The summed E-state index contributed by atoms with van der Waals surface area (Å²) in [5.74, 6) is -0.306. The van der Waals surface area contributed by atoms with Crippen LogP contribution in [0, 0.1) is 0 Å². The molecule has 0 spiro atoms. The van der Waals surface area contributed by atoms with Crippen LogP contribution in [0.3, 0.4) is 0 Å². The maximum absolute atomic E-state index is 12.0. The molecular weight excluding hydrogens is 234 g/mol. The van der Waals surface area contributed by atoms with E-state index in [2.05, 4.69) is 0 Å². The molecule has 0 unspecified atom stereocenters. The van der Waals surface area contributed by atoms with Gasteiger partial charge >= 0.3 is 6.09 Å². The van der Waals surface area contributed by atoms with Gasteiger partial charge in [-0.15, -0.1) is 0 Å². The van der Waals surface area contributed by atoms with Crippen LogP contribution in [0.15, 0.2) is 0 Å². The largest absolute Gasteiger partial charge is 0.443 e. The maximum Gasteiger partial charge on any atom is 0.417 e. The molecule has 1 fully saturated rings. The average molecular weight is 257 g/mol. The molecule has 1 aliphatic rings. The third kappa shape index (κ3) is 4.29. The minimum atomic E-state index is -0.597. The lowest BCUT2D eigenvalue weighted by atomic mass is 10.1. The van der Waals surface area contributed by atoms with Gasteiger partial charge in [0.2, 0.25) is 0 Å². The Morgan fingerprint density at radius 1 is 1.17 bits per heavy atom. The summed E-state index contributed by atoms with van der Waals surface area (Å²) in [6.45, 7) is 11.3. The van der Waals surface area contributed by atoms with Crippen molar-refractivity contribution < 1.29 is 19.1 Å². The van der Waals surface area contributed by atoms with Crippen molar-refractivity contribution >= 4 is 12.0 Å². The average Bonchev–Trinajstić information content (AvgIpc) is 2.42. The van der Waals surface area contributed by atoms with Gasteiger partial charge in [-0.1, -0.05) is 0 Å². The lowest BCUT2D eigenvalue weighted by Gasteiger charge is -2.25. The molecule has 18 heavy (non-hydrogen) atoms. The Balaban J connectivity index is 2.62. The van der Waals surface area contributed by atoms with Crippen LogP contribution in [-0.4, -0.2) is 40.8 Å². The van der Waals surface area contributed by atoms with E-state index < -0.39 is 23.4 Å². The molecule has 0 bridgehead atoms. The molecule has 0 aliphatic carbocycles. The summed E-state index contributed by atoms with van der Waals surface area (Å²) in [7, 11) is 0. The van der Waals surface area contributed by atoms with E-state index in [1.807, 2.05) is 20.8 Å². The number of imide groups is 1. The Morgan fingerprint density at radius 3 is 2.17 bits per heavy atom. The number of carbonyl (C=O) groups is 2. The predicted molar refractivity (Wildman–Crippen MR) is 67.2 cm³/mol. The molecule has 5 heteroatoms. The second kappa shape index (κ2) is 4.88. The minimum Gasteiger partial charge on any atom is -0.443 e. The molecule has 0 N–H and O–H groups in total. The van der Waals surface area contributed by atoms with Crippen molar-refractivity contribution in [2.24, 2.45) is 0 Å². The lowest BCUT2D eigenvalue weighted by Crippen LogP contribution is -2.41. The summed E-state index contributed by atoms with van der Waals surface area (Å²) in [5, 5.41) is 0. The van der Waals surface area contributed by atoms with Gasteiger partial charge in [-0.3, -0.25) is 4.79 Å². The van der Waals surface area contributed by atoms with Gasteiger partial charge in [0.25, 0.3) is 5.91 Å². The summed E-state index contributed by atoms with van der Waals surface area (Å²) in [4.78, 5) is 24.9. The monoisotopic (exact) mass is 257 g/mol. The normalized spacial score (nSPS) is 21.3. The smallest absolute Gasteiger partial charge is 0.417 e. The van der Waals surface area contributed by atoms with Gasteiger partial charge in [0.05, 0.1) is 5.60 Å². The zero-order chi connectivity index (χ0) is 14.1. The highest BCUT2D eigenvalue weighted by molar-refractivity contribution is 5.96. The Morgan fingerprint density at radius 2 is 1.72 bits per heavy atom. The van der Waals surface area contributed by atoms with E-state index in [9.17, 15) is 9.59 Å². The quantitative estimate of drug-likeness (QED) is 0.723. The Hall–Kier alpha value is -1.10. The van der Waals surface area contributed by atoms with Crippen molar-refractivity contribution in [1.82, 2.24) is 4.90 Å². The van der Waals surface area contributed by atoms with E-state index in [0.29, 0.717) is 13.0 Å². The van der Waals surface area contributed by atoms with Gasteiger partial charge in [-0.05, 0) is 41.5 Å². The zero-order valence-corrected chi connectivity index (χ0v) is 12.1. The Bertz CT molecular complexity index is 338. The van der Waals surface area contributed by atoms with Gasteiger partial charge in [-0.2, -0.15) is 0 Å². The first-order chi connectivity index (χ1) is 7.99. The third-order valence-corrected chi connectivity index (χ3v) is 2.27. The number of hydrogen-bond acceptors (Lipinski definition) is 4. The SMILES string of the molecule is CC(C)(C)OC(=O)N1CC[C@@H](OC(C)(C)C)C1=O. The number of likely N-dealkylation sites (tertiary alicyclic amines) is 1. The van der Waals surface area contributed by atoms with Crippen molar-refractivity contribution in [3.8, 4) is 0 Å². The van der Waals surface area contributed by atoms with Gasteiger partial charge in [0.15, 0.2) is 0 Å². The molecule has 0 saturated carbocycles. The highest BCUT2D eigenvalue weighted by Gasteiger charge is 2.40. The summed E-state index contributed by atoms with van der Waals surface area (Å²) >= 11 is 0. The number of carbonyl (C=O) groups excluding carboxylic acids is 2. The predicted octanol–water partition coefficient (Wildman–Crippen LogP) is 2.34. The summed E-state index contributed by atoms with van der Waals surface area (Å²) < 4.78 is 10.8. The van der Waals surface area contributed by atoms with Crippen LogP contribution < -0.4 is 0 Å². The molecule has 0 aromatic heterocycles. The third-order valence-electron chi connectivity index (χ3n) is 2.27. The lowest BCUT2D eigenvalue weighted by molar-refractivity contribution is -0.144. The molecule has 0 aromatic rings. The van der Waals surface area contributed by atoms with E-state index in [0.717, 1.165) is 4.90 Å². The Labute approximate surface area is 108 Å². The molecule has 1 aliphatic heterocycles. The van der Waals surface area contributed by atoms with Gasteiger partial charge in [0.1, 0.15) is 11.7 Å². The number of amides is 2. The van der Waals surface area contributed by atoms with E-state index in [4.69, 9.17) is 9.47 Å². The van der Waals surface area contributed by atoms with Crippen LogP contribution in [0.5, 0.6) is 0 Å². The van der Waals surface area contributed by atoms with Crippen molar-refractivity contribution in [1.29, 1.82) is 0 Å². The van der Waals surface area contributed by atoms with E-state index in [1.165, 1.54) is 0 Å². The first-order valence-electron chi connectivity index (χ1n) is 6.22. The van der Waals surface area contributed by atoms with E-state index in [-0.39, 0.29) is 5.91 Å². The summed E-state index contributed by atoms with van der Waals surface area (Å²) in [6.07, 6.45) is -0.611. The van der Waals surface area contributed by atoms with E-state index in [1.54, 1.807) is 20.8 Å². The molecule has 2 amide bonds. The topological polar surface area (TPSA) is 55.8 Å². The molecule has 104 valence electrons. The molecule has 0 aromatic carbocycles. The fourth-order valence-corrected chi connectivity index (χ4v) is 1.69. The van der Waals surface area contributed by atoms with Crippen molar-refractivity contribution in [2.75, 3.05) is 6.54 Å². The first kappa shape index (κ1) is 15.0. The highest BCUT2D eigenvalue weighted by atomic mass is 16.6. The standard InChI is InChI=1S/C13H23NO4/c1-12(2,3)17-9-7-8-14(10(9)15)11(16)18-13(4,5)6/h9H,7-8H2,1-6H3/t9-/m1/s1. The number of ether oxygens (including phenoxy) is 2. The maximum atomic E-state index is 12.0. The molecule has 1 saturated heterocycles. The molecule has 1 atom stereocenters. The molecule has 5 nitrogen and oxygen atoms in total. The highest BCUT2D eigenvalue weighted by Crippen LogP contribution is 2.22. The number of hydrogen-bond donors (Lipinski definition) is 0. The van der Waals surface area contributed by atoms with Gasteiger partial charge in [-0.25, -0.2) is 9.69 Å². The minimum absolute atomic E-state index is 0.306. The number of rotatable bonds is 1. The van der Waals surface area contributed by atoms with Crippen LogP contribution in [0.1, 0.15) is 48.0 Å². The number of nitrogens with zero attached hydrogens (tertiary/aromatic N) is 1. The second-order valence-corrected chi connectivity index (χ2v) is 6.48. The summed E-state index contributed by atoms with van der Waals surface area (Å²) in [5.41, 5.74) is -0.995. The van der Waals surface area contributed by atoms with Crippen molar-refractivity contribution in [3.05, 3.63) is 0 Å². The fourth-order valence-electron chi connectivity index (χ4n) is 1.69. The molecular formula is C13H23NO4. The van der Waals surface area contributed by atoms with Gasteiger partial charge in [0, 0.05) is 13.0 Å². The van der Waals surface area contributed by atoms with Crippen LogP contribution >= 0.6 is 0 Å². The van der Waals surface area contributed by atoms with E-state index >= 15 is 0 Å². The fraction of sp³-hybridized carbons (Fsp3) is 0.846. The first-order valence-corrected chi connectivity index (χ1v) is 6.22. The van der Waals surface area contributed by atoms with Crippen LogP contribution in [0.2, 0.25) is 0 Å². The van der Waals surface area contributed by atoms with Crippen LogP contribution in [-0.2, 0) is 14.3 Å². The molecule has 1 rings (SSSR count). The van der Waals surface area contributed by atoms with Gasteiger partial charge < -0.3 is 9.47 Å². The Kier molecular flexibility index (Phi) is 4.05. The summed E-state index contributed by atoms with van der Waals surface area (Å²) in [6, 6.07) is 0. The van der Waals surface area contributed by atoms with Crippen LogP contribution in [0.4, 0.5) is 4.79 Å². The van der Waals surface area contributed by atoms with Crippen molar-refractivity contribution in [3.63, 3.8) is 0 Å². The molecule has 1 heterocycles. The van der Waals surface area contributed by atoms with Crippen LogP contribution in [0.25, 0.3) is 0 Å². The molecule has 0 radical (unpaired) electrons. The zero-order valence-electron chi connectivity index (χ0n) is 12.1.